The summed E-state index contributed by atoms with van der Waals surface area (Å²) in [6, 6.07) is 14.8. The Balaban J connectivity index is 1.48. The summed E-state index contributed by atoms with van der Waals surface area (Å²) in [6.07, 6.45) is 0. The average molecular weight is 485 g/mol. The number of hydrogen-bond acceptors (Lipinski definition) is 5. The van der Waals surface area contributed by atoms with Gasteiger partial charge in [0.2, 0.25) is 0 Å². The number of nitrogens with zero attached hydrogens (tertiary/aromatic N) is 1. The van der Waals surface area contributed by atoms with Gasteiger partial charge in [-0.1, -0.05) is 11.6 Å². The molecule has 11 heteroatoms. The third-order valence-electron chi connectivity index (χ3n) is 4.61. The van der Waals surface area contributed by atoms with Crippen LogP contribution in [0, 0.1) is 15.9 Å². The van der Waals surface area contributed by atoms with Gasteiger partial charge in [-0.2, -0.15) is 0 Å². The molecule has 3 rings (SSSR count). The van der Waals surface area contributed by atoms with Crippen LogP contribution in [-0.4, -0.2) is 35.7 Å². The van der Waals surface area contributed by atoms with Crippen LogP contribution < -0.4 is 16.0 Å². The number of benzene rings is 3. The molecule has 3 aromatic rings. The lowest BCUT2D eigenvalue weighted by atomic mass is 10.1. The molecular weight excluding hydrogens is 467 g/mol. The van der Waals surface area contributed by atoms with Crippen molar-refractivity contribution in [3.63, 3.8) is 0 Å². The lowest BCUT2D eigenvalue weighted by molar-refractivity contribution is -0.385. The van der Waals surface area contributed by atoms with Gasteiger partial charge in [0.1, 0.15) is 11.4 Å². The molecular formula is C23H18ClFN4O5. The molecule has 3 amide bonds. The van der Waals surface area contributed by atoms with E-state index in [2.05, 4.69) is 16.0 Å². The minimum atomic E-state index is -0.690. The molecule has 174 valence electrons. The van der Waals surface area contributed by atoms with Crippen molar-refractivity contribution >= 4 is 40.7 Å². The minimum Gasteiger partial charge on any atom is -0.350 e. The fourth-order valence-electron chi connectivity index (χ4n) is 2.91. The van der Waals surface area contributed by atoms with Crippen molar-refractivity contribution in [2.24, 2.45) is 0 Å². The molecule has 0 aromatic heterocycles. The Morgan fingerprint density at radius 3 is 2.00 bits per heavy atom. The normalized spacial score (nSPS) is 10.3. The van der Waals surface area contributed by atoms with E-state index >= 15 is 0 Å². The van der Waals surface area contributed by atoms with Crippen LogP contribution in [0.2, 0.25) is 5.02 Å². The fourth-order valence-corrected chi connectivity index (χ4v) is 3.08. The van der Waals surface area contributed by atoms with Crippen molar-refractivity contribution in [1.29, 1.82) is 0 Å². The highest BCUT2D eigenvalue weighted by molar-refractivity contribution is 6.31. The molecule has 0 bridgehead atoms. The zero-order chi connectivity index (χ0) is 24.7. The predicted molar refractivity (Wildman–Crippen MR) is 124 cm³/mol. The van der Waals surface area contributed by atoms with Crippen LogP contribution in [0.1, 0.15) is 31.1 Å². The highest BCUT2D eigenvalue weighted by Crippen LogP contribution is 2.22. The van der Waals surface area contributed by atoms with E-state index in [0.717, 1.165) is 6.07 Å². The number of nitro groups is 1. The lowest BCUT2D eigenvalue weighted by Crippen LogP contribution is -2.34. The number of nitro benzene ring substituents is 1. The van der Waals surface area contributed by atoms with Crippen molar-refractivity contribution in [2.45, 2.75) is 0 Å². The van der Waals surface area contributed by atoms with Crippen molar-refractivity contribution in [3.05, 3.63) is 104 Å². The molecule has 34 heavy (non-hydrogen) atoms. The van der Waals surface area contributed by atoms with Crippen LogP contribution in [0.5, 0.6) is 0 Å². The van der Waals surface area contributed by atoms with Crippen LogP contribution in [0.4, 0.5) is 15.8 Å². The van der Waals surface area contributed by atoms with Gasteiger partial charge in [-0.15, -0.1) is 0 Å². The van der Waals surface area contributed by atoms with Crippen molar-refractivity contribution in [3.8, 4) is 0 Å². The molecule has 0 aliphatic heterocycles. The zero-order valence-corrected chi connectivity index (χ0v) is 18.3. The first-order valence-electron chi connectivity index (χ1n) is 9.92. The van der Waals surface area contributed by atoms with Crippen LogP contribution >= 0.6 is 11.6 Å². The topological polar surface area (TPSA) is 130 Å². The van der Waals surface area contributed by atoms with Gasteiger partial charge in [0, 0.05) is 41.0 Å². The quantitative estimate of drug-likeness (QED) is 0.254. The second kappa shape index (κ2) is 11.0. The molecule has 0 saturated carbocycles. The highest BCUT2D eigenvalue weighted by atomic mass is 35.5. The molecule has 0 saturated heterocycles. The summed E-state index contributed by atoms with van der Waals surface area (Å²) in [6.45, 7) is 0.0992. The van der Waals surface area contributed by atoms with Crippen LogP contribution in [0.3, 0.4) is 0 Å². The van der Waals surface area contributed by atoms with Gasteiger partial charge < -0.3 is 16.0 Å². The lowest BCUT2D eigenvalue weighted by Gasteiger charge is -2.09. The molecule has 9 nitrogen and oxygen atoms in total. The summed E-state index contributed by atoms with van der Waals surface area (Å²) in [7, 11) is 0. The summed E-state index contributed by atoms with van der Waals surface area (Å²) in [4.78, 5) is 47.1. The number of halogens is 2. The molecule has 0 fully saturated rings. The van der Waals surface area contributed by atoms with Crippen LogP contribution in [0.25, 0.3) is 0 Å². The first-order chi connectivity index (χ1) is 16.2. The fraction of sp³-hybridized carbons (Fsp3) is 0.0870. The van der Waals surface area contributed by atoms with Gasteiger partial charge in [0.05, 0.1) is 4.92 Å². The van der Waals surface area contributed by atoms with Gasteiger partial charge in [-0.25, -0.2) is 4.39 Å². The van der Waals surface area contributed by atoms with E-state index in [9.17, 15) is 28.9 Å². The molecule has 3 aromatic carbocycles. The third-order valence-corrected chi connectivity index (χ3v) is 4.84. The first-order valence-corrected chi connectivity index (χ1v) is 10.3. The molecule has 0 radical (unpaired) electrons. The van der Waals surface area contributed by atoms with E-state index in [-0.39, 0.29) is 34.9 Å². The van der Waals surface area contributed by atoms with Crippen molar-refractivity contribution < 1.29 is 23.7 Å². The molecule has 0 aliphatic carbocycles. The van der Waals surface area contributed by atoms with Crippen LogP contribution in [-0.2, 0) is 0 Å². The maximum absolute atomic E-state index is 13.0. The Morgan fingerprint density at radius 2 is 1.38 bits per heavy atom. The maximum Gasteiger partial charge on any atom is 0.282 e. The summed E-state index contributed by atoms with van der Waals surface area (Å²) >= 11 is 5.82. The smallest absolute Gasteiger partial charge is 0.282 e. The number of amides is 3. The van der Waals surface area contributed by atoms with E-state index in [4.69, 9.17) is 11.6 Å². The molecule has 0 aliphatic rings. The largest absolute Gasteiger partial charge is 0.350 e. The summed E-state index contributed by atoms with van der Waals surface area (Å²) in [5.74, 6) is -1.98. The van der Waals surface area contributed by atoms with Crippen LogP contribution in [0.15, 0.2) is 66.7 Å². The van der Waals surface area contributed by atoms with Gasteiger partial charge in [-0.3, -0.25) is 24.5 Å². The van der Waals surface area contributed by atoms with Gasteiger partial charge in [-0.05, 0) is 60.7 Å². The van der Waals surface area contributed by atoms with E-state index in [0.29, 0.717) is 11.3 Å². The standard InChI is InChI=1S/C23H18ClFN4O5/c24-16-5-10-20(29(33)34)19(13-16)23(32)27-12-11-26-21(30)14-3-8-18(9-4-14)28-22(31)15-1-6-17(25)7-2-15/h1-10,13H,11-12H2,(H,26,30)(H,27,32)(H,28,31). The Bertz CT molecular complexity index is 1230. The second-order valence-electron chi connectivity index (χ2n) is 6.97. The Labute approximate surface area is 198 Å². The van der Waals surface area contributed by atoms with E-state index in [1.807, 2.05) is 0 Å². The number of carbonyl (C=O) groups is 3. The molecule has 0 atom stereocenters. The highest BCUT2D eigenvalue weighted by Gasteiger charge is 2.20. The number of nitrogens with one attached hydrogen (secondary N) is 3. The van der Waals surface area contributed by atoms with E-state index in [1.165, 1.54) is 60.7 Å². The number of carbonyl (C=O) groups excluding carboxylic acids is 3. The van der Waals surface area contributed by atoms with Crippen molar-refractivity contribution in [1.82, 2.24) is 10.6 Å². The third kappa shape index (κ3) is 6.36. The van der Waals surface area contributed by atoms with Crippen molar-refractivity contribution in [2.75, 3.05) is 18.4 Å². The van der Waals surface area contributed by atoms with Gasteiger partial charge in [0.15, 0.2) is 0 Å². The molecule has 0 spiro atoms. The number of hydrogen-bond donors (Lipinski definition) is 3. The monoisotopic (exact) mass is 484 g/mol. The second-order valence-corrected chi connectivity index (χ2v) is 7.41. The molecule has 0 heterocycles. The Kier molecular flexibility index (Phi) is 7.88. The first kappa shape index (κ1) is 24.3. The van der Waals surface area contributed by atoms with Gasteiger partial charge in [0.25, 0.3) is 23.4 Å². The maximum atomic E-state index is 13.0. The summed E-state index contributed by atoms with van der Waals surface area (Å²) in [5, 5.41) is 19.0. The van der Waals surface area contributed by atoms with E-state index in [1.54, 1.807) is 0 Å². The Hall–Kier alpha value is -4.31. The molecule has 3 N–H and O–H groups in total. The zero-order valence-electron chi connectivity index (χ0n) is 17.5. The van der Waals surface area contributed by atoms with E-state index < -0.39 is 28.5 Å². The number of anilines is 1. The summed E-state index contributed by atoms with van der Waals surface area (Å²) < 4.78 is 13.0. The van der Waals surface area contributed by atoms with Gasteiger partial charge >= 0.3 is 0 Å². The average Bonchev–Trinajstić information content (AvgIpc) is 2.82. The predicted octanol–water partition coefficient (Wildman–Crippen LogP) is 3.80. The summed E-state index contributed by atoms with van der Waals surface area (Å²) in [5.41, 5.74) is 0.492. The molecule has 0 unspecified atom stereocenters. The minimum absolute atomic E-state index is 0.0278. The number of rotatable bonds is 8. The Morgan fingerprint density at radius 1 is 0.824 bits per heavy atom. The SMILES string of the molecule is O=C(NCCNC(=O)c1cc(Cl)ccc1[N+](=O)[O-])c1ccc(NC(=O)c2ccc(F)cc2)cc1.